The highest BCUT2D eigenvalue weighted by molar-refractivity contribution is 5.97. The molecule has 6 nitrogen and oxygen atoms in total. The molecule has 0 aromatic carbocycles. The minimum absolute atomic E-state index is 0.0439. The number of fused-ring (bicyclic) bond motifs is 5. The van der Waals surface area contributed by atoms with E-state index in [4.69, 9.17) is 0 Å². The Hall–Kier alpha value is -1.08. The van der Waals surface area contributed by atoms with Gasteiger partial charge in [0.2, 0.25) is 0 Å². The molecular weight excluding hydrogens is 420 g/mol. The third-order valence-electron chi connectivity index (χ3n) is 10.3. The summed E-state index contributed by atoms with van der Waals surface area (Å²) in [7, 11) is 0. The summed E-state index contributed by atoms with van der Waals surface area (Å²) in [5.41, 5.74) is -2.21. The maximum absolute atomic E-state index is 13.2. The molecule has 0 heterocycles. The van der Waals surface area contributed by atoms with Crippen molar-refractivity contribution in [2.24, 2.45) is 34.5 Å². The summed E-state index contributed by atoms with van der Waals surface area (Å²) in [5, 5.41) is 43.3. The molecule has 0 bridgehead atoms. The Bertz CT molecular complexity index is 857. The third kappa shape index (κ3) is 3.76. The number of allylic oxidation sites excluding steroid dienone is 1. The first-order valence-electron chi connectivity index (χ1n) is 12.7. The van der Waals surface area contributed by atoms with Gasteiger partial charge in [-0.25, -0.2) is 0 Å². The molecule has 0 aromatic heterocycles. The molecule has 3 saturated carbocycles. The van der Waals surface area contributed by atoms with Gasteiger partial charge in [-0.2, -0.15) is 0 Å². The van der Waals surface area contributed by atoms with E-state index in [1.807, 2.05) is 13.8 Å². The van der Waals surface area contributed by atoms with E-state index in [-0.39, 0.29) is 48.1 Å². The zero-order valence-corrected chi connectivity index (χ0v) is 20.8. The Morgan fingerprint density at radius 1 is 1.15 bits per heavy atom. The van der Waals surface area contributed by atoms with Gasteiger partial charge >= 0.3 is 0 Å². The van der Waals surface area contributed by atoms with Gasteiger partial charge in [-0.05, 0) is 93.6 Å². The van der Waals surface area contributed by atoms with Crippen LogP contribution in [-0.4, -0.2) is 55.4 Å². The molecule has 4 N–H and O–H groups in total. The van der Waals surface area contributed by atoms with Crippen LogP contribution in [0, 0.1) is 34.5 Å². The van der Waals surface area contributed by atoms with E-state index in [2.05, 4.69) is 6.92 Å². The number of Topliss-reactive ketones (excluding diaryl/α,β-unsaturated/α-hetero) is 1. The topological polar surface area (TPSA) is 115 Å². The first kappa shape index (κ1) is 25.0. The minimum Gasteiger partial charge on any atom is -0.393 e. The molecular formula is C27H42O6. The van der Waals surface area contributed by atoms with Crippen molar-refractivity contribution >= 4 is 11.6 Å². The molecule has 4 aliphatic rings. The van der Waals surface area contributed by atoms with Crippen LogP contribution in [0.2, 0.25) is 0 Å². The molecule has 4 rings (SSSR count). The van der Waals surface area contributed by atoms with Gasteiger partial charge in [0, 0.05) is 17.8 Å². The monoisotopic (exact) mass is 462 g/mol. The Balaban J connectivity index is 1.63. The summed E-state index contributed by atoms with van der Waals surface area (Å²) in [4.78, 5) is 25.7. The van der Waals surface area contributed by atoms with Gasteiger partial charge in [0.05, 0.1) is 17.3 Å². The molecule has 2 unspecified atom stereocenters. The van der Waals surface area contributed by atoms with Crippen molar-refractivity contribution in [2.75, 3.05) is 0 Å². The number of aliphatic hydroxyl groups excluding tert-OH is 2. The Labute approximate surface area is 197 Å². The van der Waals surface area contributed by atoms with Crippen LogP contribution in [0.5, 0.6) is 0 Å². The molecule has 6 heteroatoms. The molecule has 3 fully saturated rings. The van der Waals surface area contributed by atoms with Crippen LogP contribution in [0.15, 0.2) is 11.6 Å². The van der Waals surface area contributed by atoms with E-state index in [1.165, 1.54) is 0 Å². The quantitative estimate of drug-likeness (QED) is 0.499. The van der Waals surface area contributed by atoms with Crippen molar-refractivity contribution in [3.8, 4) is 0 Å². The fourth-order valence-electron chi connectivity index (χ4n) is 8.11. The van der Waals surface area contributed by atoms with E-state index in [9.17, 15) is 30.0 Å². The summed E-state index contributed by atoms with van der Waals surface area (Å²) in [6.07, 6.45) is 4.25. The average molecular weight is 463 g/mol. The van der Waals surface area contributed by atoms with Crippen LogP contribution in [0.3, 0.4) is 0 Å². The van der Waals surface area contributed by atoms with E-state index < -0.39 is 34.2 Å². The maximum Gasteiger partial charge on any atom is 0.161 e. The van der Waals surface area contributed by atoms with Crippen molar-refractivity contribution < 1.29 is 30.0 Å². The second-order valence-electron chi connectivity index (χ2n) is 12.7. The lowest BCUT2D eigenvalue weighted by atomic mass is 9.46. The van der Waals surface area contributed by atoms with Crippen LogP contribution >= 0.6 is 0 Å². The summed E-state index contributed by atoms with van der Waals surface area (Å²) < 4.78 is 0. The highest BCUT2D eigenvalue weighted by Gasteiger charge is 2.67. The highest BCUT2D eigenvalue weighted by Crippen LogP contribution is 2.68. The van der Waals surface area contributed by atoms with Gasteiger partial charge < -0.3 is 20.4 Å². The predicted molar refractivity (Wildman–Crippen MR) is 124 cm³/mol. The second kappa shape index (κ2) is 7.97. The Morgan fingerprint density at radius 2 is 1.82 bits per heavy atom. The lowest BCUT2D eigenvalue weighted by molar-refractivity contribution is -0.153. The summed E-state index contributed by atoms with van der Waals surface area (Å²) >= 11 is 0. The van der Waals surface area contributed by atoms with Crippen LogP contribution in [0.4, 0.5) is 0 Å². The second-order valence-corrected chi connectivity index (χ2v) is 12.7. The van der Waals surface area contributed by atoms with Crippen molar-refractivity contribution in [3.63, 3.8) is 0 Å². The minimum atomic E-state index is -1.13. The molecule has 9 atom stereocenters. The number of carbonyl (C=O) groups is 2. The van der Waals surface area contributed by atoms with Crippen LogP contribution in [0.25, 0.3) is 0 Å². The van der Waals surface area contributed by atoms with Crippen molar-refractivity contribution in [3.05, 3.63) is 11.6 Å². The SMILES string of the molecule is CC(C(O)CCC(C)(C)O)[C@H]1CC[C@@]2(O)C3=CC(=O)[C@@H]4C[C@@H](O)C(=O)C[C@]4(C)[C@H]3CC[C@]12C. The van der Waals surface area contributed by atoms with Crippen LogP contribution in [-0.2, 0) is 9.59 Å². The van der Waals surface area contributed by atoms with Gasteiger partial charge in [0.1, 0.15) is 6.10 Å². The van der Waals surface area contributed by atoms with E-state index >= 15 is 0 Å². The zero-order chi connectivity index (χ0) is 24.6. The van der Waals surface area contributed by atoms with Crippen molar-refractivity contribution in [2.45, 2.75) is 109 Å². The van der Waals surface area contributed by atoms with Gasteiger partial charge in [0.15, 0.2) is 11.6 Å². The first-order chi connectivity index (χ1) is 15.1. The smallest absolute Gasteiger partial charge is 0.161 e. The van der Waals surface area contributed by atoms with Crippen molar-refractivity contribution in [1.29, 1.82) is 0 Å². The molecule has 0 aromatic rings. The Kier molecular flexibility index (Phi) is 6.05. The molecule has 186 valence electrons. The fourth-order valence-corrected chi connectivity index (χ4v) is 8.11. The predicted octanol–water partition coefficient (Wildman–Crippen LogP) is 2.95. The average Bonchev–Trinajstić information content (AvgIpc) is 2.99. The zero-order valence-electron chi connectivity index (χ0n) is 20.8. The molecule has 0 amide bonds. The van der Waals surface area contributed by atoms with Crippen molar-refractivity contribution in [1.82, 2.24) is 0 Å². The first-order valence-corrected chi connectivity index (χ1v) is 12.7. The molecule has 0 radical (unpaired) electrons. The van der Waals surface area contributed by atoms with Gasteiger partial charge in [-0.1, -0.05) is 20.8 Å². The number of carbonyl (C=O) groups excluding carboxylic acids is 2. The van der Waals surface area contributed by atoms with Gasteiger partial charge in [0.25, 0.3) is 0 Å². The molecule has 33 heavy (non-hydrogen) atoms. The third-order valence-corrected chi connectivity index (χ3v) is 10.3. The molecule has 0 aliphatic heterocycles. The normalized spacial score (nSPS) is 45.1. The standard InChI is InChI=1S/C27H42O6/c1-15(20(28)8-9-24(2,3)32)16-7-11-27(33)18-12-21(29)19-13-22(30)23(31)14-25(19,4)17(18)6-10-26(16,27)5/h12,15-17,19-20,22,28,30,32-33H,6-11,13-14H2,1-5H3/t15?,16-,17+,19+,20?,22-,25-,26-,27-/m1/s1. The highest BCUT2D eigenvalue weighted by atomic mass is 16.3. The number of hydrogen-bond donors (Lipinski definition) is 4. The molecule has 0 spiro atoms. The lowest BCUT2D eigenvalue weighted by Gasteiger charge is -2.59. The van der Waals surface area contributed by atoms with E-state index in [0.717, 1.165) is 24.8 Å². The van der Waals surface area contributed by atoms with E-state index in [0.29, 0.717) is 19.3 Å². The number of ketones is 2. The van der Waals surface area contributed by atoms with Gasteiger partial charge in [-0.3, -0.25) is 9.59 Å². The fraction of sp³-hybridized carbons (Fsp3) is 0.852. The largest absolute Gasteiger partial charge is 0.393 e. The maximum atomic E-state index is 13.2. The number of rotatable bonds is 5. The number of aliphatic hydroxyl groups is 4. The number of hydrogen-bond acceptors (Lipinski definition) is 6. The summed E-state index contributed by atoms with van der Waals surface area (Å²) in [6.45, 7) is 9.64. The van der Waals surface area contributed by atoms with Gasteiger partial charge in [-0.15, -0.1) is 0 Å². The molecule has 4 aliphatic carbocycles. The lowest BCUT2D eigenvalue weighted by Crippen LogP contribution is -2.60. The van der Waals surface area contributed by atoms with Crippen LogP contribution < -0.4 is 0 Å². The van der Waals surface area contributed by atoms with Crippen LogP contribution in [0.1, 0.15) is 86.0 Å². The Morgan fingerprint density at radius 3 is 2.45 bits per heavy atom. The summed E-state index contributed by atoms with van der Waals surface area (Å²) in [6, 6.07) is 0. The van der Waals surface area contributed by atoms with E-state index in [1.54, 1.807) is 19.9 Å². The molecule has 0 saturated heterocycles. The summed E-state index contributed by atoms with van der Waals surface area (Å²) in [5.74, 6) is -0.657.